The fourth-order valence-electron chi connectivity index (χ4n) is 3.96. The van der Waals surface area contributed by atoms with E-state index in [0.717, 1.165) is 36.5 Å². The Balaban J connectivity index is 1.16. The van der Waals surface area contributed by atoms with Gasteiger partial charge >= 0.3 is 0 Å². The van der Waals surface area contributed by atoms with Gasteiger partial charge < -0.3 is 19.7 Å². The van der Waals surface area contributed by atoms with Gasteiger partial charge in [0.15, 0.2) is 11.5 Å². The maximum atomic E-state index is 12.6. The Bertz CT molecular complexity index is 1140. The lowest BCUT2D eigenvalue weighted by molar-refractivity contribution is -0.134. The van der Waals surface area contributed by atoms with Crippen molar-refractivity contribution in [1.82, 2.24) is 24.6 Å². The quantitative estimate of drug-likeness (QED) is 0.514. The average Bonchev–Trinajstić information content (AvgIpc) is 3.18. The second kappa shape index (κ2) is 11.0. The molecule has 180 valence electrons. The van der Waals surface area contributed by atoms with Crippen molar-refractivity contribution in [2.24, 2.45) is 7.05 Å². The van der Waals surface area contributed by atoms with Gasteiger partial charge in [0.2, 0.25) is 11.8 Å². The third-order valence-electron chi connectivity index (χ3n) is 5.86. The molecule has 0 unspecified atom stereocenters. The number of methoxy groups -OCH3 is 1. The van der Waals surface area contributed by atoms with Gasteiger partial charge in [0, 0.05) is 64.9 Å². The molecule has 0 atom stereocenters. The molecule has 1 aromatic carbocycles. The summed E-state index contributed by atoms with van der Waals surface area (Å²) in [5.41, 5.74) is 0.695. The molecule has 1 saturated heterocycles. The number of aromatic nitrogens is 3. The second-order valence-electron chi connectivity index (χ2n) is 8.14. The standard InChI is InChI=1S/C24H30N6O4/c1-28-24-20(7-4-10-25-24)23(27-28)26-21(31)8-9-22(32)30-13-11-29(12-14-30)15-16-34-19-6-3-5-18(17-19)33-2/h3-7,10,17H,8-9,11-16H2,1-2H3,(H,26,27,31). The smallest absolute Gasteiger partial charge is 0.226 e. The summed E-state index contributed by atoms with van der Waals surface area (Å²) in [7, 11) is 3.41. The number of rotatable bonds is 9. The fourth-order valence-corrected chi connectivity index (χ4v) is 3.96. The maximum Gasteiger partial charge on any atom is 0.226 e. The molecule has 2 amide bonds. The first-order chi connectivity index (χ1) is 16.5. The lowest BCUT2D eigenvalue weighted by Gasteiger charge is -2.34. The summed E-state index contributed by atoms with van der Waals surface area (Å²) in [5.74, 6) is 1.78. The summed E-state index contributed by atoms with van der Waals surface area (Å²) in [4.78, 5) is 33.4. The molecule has 1 N–H and O–H groups in total. The van der Waals surface area contributed by atoms with Crippen LogP contribution in [0.15, 0.2) is 42.6 Å². The molecule has 1 aliphatic rings. The summed E-state index contributed by atoms with van der Waals surface area (Å²) in [6, 6.07) is 11.2. The van der Waals surface area contributed by atoms with E-state index in [4.69, 9.17) is 9.47 Å². The molecular formula is C24H30N6O4. The Morgan fingerprint density at radius 3 is 2.65 bits per heavy atom. The Labute approximate surface area is 198 Å². The van der Waals surface area contributed by atoms with E-state index in [9.17, 15) is 9.59 Å². The normalized spacial score (nSPS) is 14.2. The molecule has 4 rings (SSSR count). The maximum absolute atomic E-state index is 12.6. The van der Waals surface area contributed by atoms with Gasteiger partial charge in [-0.1, -0.05) is 6.07 Å². The second-order valence-corrected chi connectivity index (χ2v) is 8.14. The summed E-state index contributed by atoms with van der Waals surface area (Å²) in [6.45, 7) is 4.22. The Kier molecular flexibility index (Phi) is 7.58. The number of hydrogen-bond acceptors (Lipinski definition) is 7. The number of hydrogen-bond donors (Lipinski definition) is 1. The Hall–Kier alpha value is -3.66. The summed E-state index contributed by atoms with van der Waals surface area (Å²) < 4.78 is 12.6. The first-order valence-electron chi connectivity index (χ1n) is 11.4. The molecule has 0 spiro atoms. The van der Waals surface area contributed by atoms with Crippen LogP contribution >= 0.6 is 0 Å². The Morgan fingerprint density at radius 1 is 1.06 bits per heavy atom. The highest BCUT2D eigenvalue weighted by molar-refractivity contribution is 5.99. The number of aryl methyl sites for hydroxylation is 1. The van der Waals surface area contributed by atoms with Crippen LogP contribution in [0.5, 0.6) is 11.5 Å². The molecule has 0 saturated carbocycles. The predicted molar refractivity (Wildman–Crippen MR) is 128 cm³/mol. The van der Waals surface area contributed by atoms with Gasteiger partial charge in [-0.25, -0.2) is 9.67 Å². The summed E-state index contributed by atoms with van der Waals surface area (Å²) >= 11 is 0. The van der Waals surface area contributed by atoms with Crippen molar-refractivity contribution in [3.05, 3.63) is 42.6 Å². The summed E-state index contributed by atoms with van der Waals surface area (Å²) in [5, 5.41) is 7.89. The van der Waals surface area contributed by atoms with E-state index in [2.05, 4.69) is 20.3 Å². The number of nitrogens with zero attached hydrogens (tertiary/aromatic N) is 5. The van der Waals surface area contributed by atoms with E-state index < -0.39 is 0 Å². The minimum Gasteiger partial charge on any atom is -0.497 e. The molecule has 34 heavy (non-hydrogen) atoms. The lowest BCUT2D eigenvalue weighted by Crippen LogP contribution is -2.49. The molecule has 1 fully saturated rings. The lowest BCUT2D eigenvalue weighted by atomic mass is 10.2. The van der Waals surface area contributed by atoms with Crippen LogP contribution in [0.4, 0.5) is 5.82 Å². The molecule has 2 aromatic heterocycles. The van der Waals surface area contributed by atoms with Crippen molar-refractivity contribution in [2.45, 2.75) is 12.8 Å². The largest absolute Gasteiger partial charge is 0.497 e. The third-order valence-corrected chi connectivity index (χ3v) is 5.86. The van der Waals surface area contributed by atoms with Gasteiger partial charge in [0.25, 0.3) is 0 Å². The third kappa shape index (κ3) is 5.82. The Morgan fingerprint density at radius 2 is 1.85 bits per heavy atom. The van der Waals surface area contributed by atoms with Crippen LogP contribution < -0.4 is 14.8 Å². The number of ether oxygens (including phenoxy) is 2. The van der Waals surface area contributed by atoms with E-state index in [1.165, 1.54) is 0 Å². The van der Waals surface area contributed by atoms with Gasteiger partial charge in [-0.3, -0.25) is 14.5 Å². The van der Waals surface area contributed by atoms with Crippen LogP contribution in [-0.4, -0.2) is 82.8 Å². The number of carbonyl (C=O) groups excluding carboxylic acids is 2. The van der Waals surface area contributed by atoms with Crippen LogP contribution in [0.3, 0.4) is 0 Å². The molecule has 0 bridgehead atoms. The predicted octanol–water partition coefficient (Wildman–Crippen LogP) is 1.92. The molecule has 10 nitrogen and oxygen atoms in total. The topological polar surface area (TPSA) is 102 Å². The number of carbonyl (C=O) groups is 2. The van der Waals surface area contributed by atoms with Crippen LogP contribution in [0.1, 0.15) is 12.8 Å². The molecule has 0 aliphatic carbocycles. The van der Waals surface area contributed by atoms with Crippen molar-refractivity contribution >= 4 is 28.7 Å². The number of amides is 2. The van der Waals surface area contributed by atoms with Crippen molar-refractivity contribution < 1.29 is 19.1 Å². The first-order valence-corrected chi connectivity index (χ1v) is 11.4. The van der Waals surface area contributed by atoms with Crippen molar-refractivity contribution in [1.29, 1.82) is 0 Å². The monoisotopic (exact) mass is 466 g/mol. The number of fused-ring (bicyclic) bond motifs is 1. The molecule has 1 aliphatic heterocycles. The van der Waals surface area contributed by atoms with Crippen LogP contribution in [0.25, 0.3) is 11.0 Å². The molecule has 0 radical (unpaired) electrons. The van der Waals surface area contributed by atoms with Crippen LogP contribution in [0.2, 0.25) is 0 Å². The zero-order chi connectivity index (χ0) is 23.9. The van der Waals surface area contributed by atoms with Crippen molar-refractivity contribution in [3.8, 4) is 11.5 Å². The van der Waals surface area contributed by atoms with E-state index in [1.54, 1.807) is 31.1 Å². The van der Waals surface area contributed by atoms with Gasteiger partial charge in [-0.2, -0.15) is 5.10 Å². The van der Waals surface area contributed by atoms with Gasteiger partial charge in [-0.05, 0) is 24.3 Å². The number of piperazine rings is 1. The minimum absolute atomic E-state index is 0.00465. The highest BCUT2D eigenvalue weighted by atomic mass is 16.5. The van der Waals surface area contributed by atoms with E-state index in [-0.39, 0.29) is 24.7 Å². The van der Waals surface area contributed by atoms with Crippen LogP contribution in [0, 0.1) is 0 Å². The van der Waals surface area contributed by atoms with E-state index >= 15 is 0 Å². The number of nitrogens with one attached hydrogen (secondary N) is 1. The number of benzene rings is 1. The average molecular weight is 467 g/mol. The minimum atomic E-state index is -0.231. The SMILES string of the molecule is COc1cccc(OCCN2CCN(C(=O)CCC(=O)Nc3nn(C)c4ncccc34)CC2)c1. The zero-order valence-electron chi connectivity index (χ0n) is 19.6. The zero-order valence-corrected chi connectivity index (χ0v) is 19.6. The van der Waals surface area contributed by atoms with E-state index in [1.807, 2.05) is 35.2 Å². The van der Waals surface area contributed by atoms with Gasteiger partial charge in [-0.15, -0.1) is 0 Å². The van der Waals surface area contributed by atoms with Crippen LogP contribution in [-0.2, 0) is 16.6 Å². The number of anilines is 1. The molecule has 10 heteroatoms. The van der Waals surface area contributed by atoms with E-state index in [0.29, 0.717) is 31.2 Å². The van der Waals surface area contributed by atoms with Gasteiger partial charge in [0.05, 0.1) is 12.5 Å². The van der Waals surface area contributed by atoms with Crippen molar-refractivity contribution in [3.63, 3.8) is 0 Å². The van der Waals surface area contributed by atoms with Crippen molar-refractivity contribution in [2.75, 3.05) is 51.8 Å². The number of pyridine rings is 1. The van der Waals surface area contributed by atoms with Gasteiger partial charge in [0.1, 0.15) is 18.1 Å². The highest BCUT2D eigenvalue weighted by Crippen LogP contribution is 2.20. The first kappa shape index (κ1) is 23.5. The fraction of sp³-hybridized carbons (Fsp3) is 0.417. The molecular weight excluding hydrogens is 436 g/mol. The molecule has 3 heterocycles. The summed E-state index contributed by atoms with van der Waals surface area (Å²) in [6.07, 6.45) is 1.97. The molecule has 3 aromatic rings. The highest BCUT2D eigenvalue weighted by Gasteiger charge is 2.22.